The molecule has 2 heterocycles. The molecule has 2 fully saturated rings. The maximum atomic E-state index is 12.3. The maximum absolute atomic E-state index is 12.3. The lowest BCUT2D eigenvalue weighted by molar-refractivity contribution is -0.129. The molecule has 0 aliphatic carbocycles. The van der Waals surface area contributed by atoms with Crippen molar-refractivity contribution < 1.29 is 4.79 Å². The third-order valence-corrected chi connectivity index (χ3v) is 5.73. The normalized spacial score (nSPS) is 27.1. The first-order valence-electron chi connectivity index (χ1n) is 7.91. The first kappa shape index (κ1) is 15.2. The number of thioether (sulfide) groups is 1. The van der Waals surface area contributed by atoms with Gasteiger partial charge in [-0.15, -0.1) is 11.8 Å². The second-order valence-electron chi connectivity index (χ2n) is 5.93. The van der Waals surface area contributed by atoms with Crippen LogP contribution in [-0.4, -0.2) is 41.4 Å². The lowest BCUT2D eigenvalue weighted by Crippen LogP contribution is -2.35. The SMILES string of the molecule is NCCCCCCC1CCN(C(=O)C2CCCS2)C1. The minimum absolute atomic E-state index is 0.281. The number of nitrogens with zero attached hydrogens (tertiary/aromatic N) is 1. The molecular weight excluding hydrogens is 256 g/mol. The molecule has 19 heavy (non-hydrogen) atoms. The summed E-state index contributed by atoms with van der Waals surface area (Å²) >= 11 is 1.86. The maximum Gasteiger partial charge on any atom is 0.235 e. The van der Waals surface area contributed by atoms with Crippen LogP contribution in [0.25, 0.3) is 0 Å². The zero-order valence-corrected chi connectivity index (χ0v) is 12.8. The van der Waals surface area contributed by atoms with Crippen LogP contribution in [0.2, 0.25) is 0 Å². The van der Waals surface area contributed by atoms with Crippen LogP contribution in [0.5, 0.6) is 0 Å². The number of carbonyl (C=O) groups excluding carboxylic acids is 1. The van der Waals surface area contributed by atoms with Gasteiger partial charge in [-0.3, -0.25) is 4.79 Å². The summed E-state index contributed by atoms with van der Waals surface area (Å²) in [5.41, 5.74) is 5.50. The topological polar surface area (TPSA) is 46.3 Å². The van der Waals surface area contributed by atoms with Crippen molar-refractivity contribution in [1.29, 1.82) is 0 Å². The van der Waals surface area contributed by atoms with Crippen molar-refractivity contribution in [1.82, 2.24) is 4.90 Å². The van der Waals surface area contributed by atoms with E-state index in [1.165, 1.54) is 44.3 Å². The summed E-state index contributed by atoms with van der Waals surface area (Å²) in [6, 6.07) is 0. The van der Waals surface area contributed by atoms with E-state index in [2.05, 4.69) is 4.90 Å². The highest BCUT2D eigenvalue weighted by molar-refractivity contribution is 8.00. The Kier molecular flexibility index (Phi) is 6.51. The van der Waals surface area contributed by atoms with Gasteiger partial charge < -0.3 is 10.6 Å². The Bertz CT molecular complexity index is 279. The van der Waals surface area contributed by atoms with E-state index in [1.807, 2.05) is 11.8 Å². The van der Waals surface area contributed by atoms with Crippen molar-refractivity contribution >= 4 is 17.7 Å². The predicted octanol–water partition coefficient (Wildman–Crippen LogP) is 2.64. The van der Waals surface area contributed by atoms with Gasteiger partial charge in [0, 0.05) is 13.1 Å². The molecule has 2 aliphatic rings. The van der Waals surface area contributed by atoms with Gasteiger partial charge in [-0.25, -0.2) is 0 Å². The summed E-state index contributed by atoms with van der Waals surface area (Å²) in [4.78, 5) is 14.4. The molecule has 2 aliphatic heterocycles. The van der Waals surface area contributed by atoms with Crippen LogP contribution >= 0.6 is 11.8 Å². The van der Waals surface area contributed by atoms with E-state index in [9.17, 15) is 4.79 Å². The van der Waals surface area contributed by atoms with E-state index in [1.54, 1.807) is 0 Å². The molecule has 0 bridgehead atoms. The lowest BCUT2D eigenvalue weighted by atomic mass is 10.00. The predicted molar refractivity (Wildman–Crippen MR) is 82.3 cm³/mol. The van der Waals surface area contributed by atoms with Gasteiger partial charge in [-0.2, -0.15) is 0 Å². The number of nitrogens with two attached hydrogens (primary N) is 1. The van der Waals surface area contributed by atoms with Gasteiger partial charge in [0.1, 0.15) is 0 Å². The van der Waals surface area contributed by atoms with Crippen molar-refractivity contribution in [2.75, 3.05) is 25.4 Å². The van der Waals surface area contributed by atoms with E-state index in [0.29, 0.717) is 5.91 Å². The fourth-order valence-corrected chi connectivity index (χ4v) is 4.42. The molecule has 2 saturated heterocycles. The molecule has 4 heteroatoms. The smallest absolute Gasteiger partial charge is 0.235 e. The average molecular weight is 284 g/mol. The summed E-state index contributed by atoms with van der Waals surface area (Å²) in [6.07, 6.45) is 9.89. The fraction of sp³-hybridized carbons (Fsp3) is 0.933. The van der Waals surface area contributed by atoms with Gasteiger partial charge in [0.25, 0.3) is 0 Å². The molecular formula is C15H28N2OS. The Morgan fingerprint density at radius 2 is 2.05 bits per heavy atom. The van der Waals surface area contributed by atoms with Crippen molar-refractivity contribution in [3.63, 3.8) is 0 Å². The number of carbonyl (C=O) groups is 1. The highest BCUT2D eigenvalue weighted by Gasteiger charge is 2.32. The quantitative estimate of drug-likeness (QED) is 0.731. The Labute approximate surface area is 121 Å². The van der Waals surface area contributed by atoms with E-state index >= 15 is 0 Å². The van der Waals surface area contributed by atoms with E-state index in [4.69, 9.17) is 5.73 Å². The summed E-state index contributed by atoms with van der Waals surface area (Å²) in [5.74, 6) is 2.36. The molecule has 0 aromatic heterocycles. The number of unbranched alkanes of at least 4 members (excludes halogenated alkanes) is 3. The number of rotatable bonds is 7. The standard InChI is InChI=1S/C15H28N2OS/c16-9-4-2-1-3-6-13-8-10-17(12-13)15(18)14-7-5-11-19-14/h13-14H,1-12,16H2. The van der Waals surface area contributed by atoms with Crippen molar-refractivity contribution in [3.8, 4) is 0 Å². The second-order valence-corrected chi connectivity index (χ2v) is 7.24. The van der Waals surface area contributed by atoms with Crippen LogP contribution in [0.4, 0.5) is 0 Å². The minimum Gasteiger partial charge on any atom is -0.341 e. The Hall–Kier alpha value is -0.220. The Morgan fingerprint density at radius 3 is 2.79 bits per heavy atom. The molecule has 1 amide bonds. The van der Waals surface area contributed by atoms with Crippen LogP contribution in [0.3, 0.4) is 0 Å². The van der Waals surface area contributed by atoms with Crippen molar-refractivity contribution in [2.24, 2.45) is 11.7 Å². The fourth-order valence-electron chi connectivity index (χ4n) is 3.18. The lowest BCUT2D eigenvalue weighted by Gasteiger charge is -2.20. The molecule has 0 spiro atoms. The number of amides is 1. The molecule has 2 unspecified atom stereocenters. The molecule has 0 aromatic rings. The van der Waals surface area contributed by atoms with E-state index < -0.39 is 0 Å². The molecule has 2 rings (SSSR count). The largest absolute Gasteiger partial charge is 0.341 e. The summed E-state index contributed by atoms with van der Waals surface area (Å²) in [6.45, 7) is 2.85. The zero-order chi connectivity index (χ0) is 13.5. The molecule has 0 aromatic carbocycles. The summed E-state index contributed by atoms with van der Waals surface area (Å²) < 4.78 is 0. The molecule has 110 valence electrons. The third kappa shape index (κ3) is 4.67. The van der Waals surface area contributed by atoms with Gasteiger partial charge in [-0.05, 0) is 50.3 Å². The monoisotopic (exact) mass is 284 g/mol. The number of hydrogen-bond donors (Lipinski definition) is 1. The van der Waals surface area contributed by atoms with Gasteiger partial charge in [0.15, 0.2) is 0 Å². The van der Waals surface area contributed by atoms with Crippen LogP contribution in [0.1, 0.15) is 51.4 Å². The second kappa shape index (κ2) is 8.15. The first-order valence-corrected chi connectivity index (χ1v) is 8.96. The Morgan fingerprint density at radius 1 is 1.21 bits per heavy atom. The van der Waals surface area contributed by atoms with Gasteiger partial charge in [0.05, 0.1) is 5.25 Å². The zero-order valence-electron chi connectivity index (χ0n) is 12.0. The number of hydrogen-bond acceptors (Lipinski definition) is 3. The minimum atomic E-state index is 0.281. The van der Waals surface area contributed by atoms with Crippen molar-refractivity contribution in [2.45, 2.75) is 56.6 Å². The van der Waals surface area contributed by atoms with Crippen LogP contribution in [0, 0.1) is 5.92 Å². The van der Waals surface area contributed by atoms with Gasteiger partial charge >= 0.3 is 0 Å². The van der Waals surface area contributed by atoms with E-state index in [-0.39, 0.29) is 5.25 Å². The van der Waals surface area contributed by atoms with Gasteiger partial charge in [0.2, 0.25) is 5.91 Å². The number of likely N-dealkylation sites (tertiary alicyclic amines) is 1. The molecule has 0 saturated carbocycles. The molecule has 3 nitrogen and oxygen atoms in total. The van der Waals surface area contributed by atoms with Gasteiger partial charge in [-0.1, -0.05) is 19.3 Å². The first-order chi connectivity index (χ1) is 9.31. The van der Waals surface area contributed by atoms with Crippen LogP contribution in [0.15, 0.2) is 0 Å². The molecule has 2 atom stereocenters. The summed E-state index contributed by atoms with van der Waals surface area (Å²) in [7, 11) is 0. The third-order valence-electron chi connectivity index (χ3n) is 4.37. The van der Waals surface area contributed by atoms with E-state index in [0.717, 1.165) is 38.4 Å². The van der Waals surface area contributed by atoms with Crippen molar-refractivity contribution in [3.05, 3.63) is 0 Å². The average Bonchev–Trinajstić information content (AvgIpc) is 3.09. The Balaban J connectivity index is 1.61. The van der Waals surface area contributed by atoms with Crippen LogP contribution in [-0.2, 0) is 4.79 Å². The highest BCUT2D eigenvalue weighted by Crippen LogP contribution is 2.30. The summed E-state index contributed by atoms with van der Waals surface area (Å²) in [5, 5.41) is 0.281. The molecule has 0 radical (unpaired) electrons. The van der Waals surface area contributed by atoms with Crippen LogP contribution < -0.4 is 5.73 Å². The highest BCUT2D eigenvalue weighted by atomic mass is 32.2. The molecule has 2 N–H and O–H groups in total.